The summed E-state index contributed by atoms with van der Waals surface area (Å²) in [5, 5.41) is 0. The summed E-state index contributed by atoms with van der Waals surface area (Å²) in [5.74, 6) is 1.89. The molecule has 2 rings (SSSR count). The Hall–Kier alpha value is -0.830. The minimum absolute atomic E-state index is 0.137. The Morgan fingerprint density at radius 1 is 1.75 bits per heavy atom. The van der Waals surface area contributed by atoms with Crippen molar-refractivity contribution >= 4 is 0 Å². The molecule has 0 saturated heterocycles. The summed E-state index contributed by atoms with van der Waals surface area (Å²) in [6.07, 6.45) is 7.57. The Kier molecular flexibility index (Phi) is 1.89. The van der Waals surface area contributed by atoms with Crippen molar-refractivity contribution in [2.45, 2.75) is 25.3 Å². The highest BCUT2D eigenvalue weighted by molar-refractivity contribution is 4.99. The van der Waals surface area contributed by atoms with Crippen molar-refractivity contribution in [1.82, 2.24) is 9.55 Å². The van der Waals surface area contributed by atoms with Crippen molar-refractivity contribution in [2.75, 3.05) is 0 Å². The van der Waals surface area contributed by atoms with Crippen molar-refractivity contribution < 1.29 is 0 Å². The van der Waals surface area contributed by atoms with E-state index in [1.54, 1.807) is 0 Å². The van der Waals surface area contributed by atoms with E-state index in [0.29, 0.717) is 0 Å². The van der Waals surface area contributed by atoms with Crippen LogP contribution < -0.4 is 5.73 Å². The Balaban J connectivity index is 2.02. The second-order valence-electron chi connectivity index (χ2n) is 3.68. The second-order valence-corrected chi connectivity index (χ2v) is 3.68. The average molecular weight is 165 g/mol. The number of nitrogens with two attached hydrogens (primary N) is 1. The van der Waals surface area contributed by atoms with E-state index in [9.17, 15) is 0 Å². The summed E-state index contributed by atoms with van der Waals surface area (Å²) in [6, 6.07) is 0.137. The van der Waals surface area contributed by atoms with Gasteiger partial charge in [0.25, 0.3) is 0 Å². The first kappa shape index (κ1) is 7.80. The smallest absolute Gasteiger partial charge is 0.125 e. The molecule has 1 saturated carbocycles. The zero-order valence-corrected chi connectivity index (χ0v) is 7.40. The molecule has 66 valence electrons. The standard InChI is InChI=1S/C9H15N3/c1-12-5-4-11-9(12)8(10)6-7-2-3-7/h4-5,7-8H,2-3,6,10H2,1H3. The Morgan fingerprint density at radius 2 is 2.50 bits per heavy atom. The second kappa shape index (κ2) is 2.90. The maximum atomic E-state index is 6.00. The number of hydrogen-bond donors (Lipinski definition) is 1. The van der Waals surface area contributed by atoms with Crippen LogP contribution in [0.5, 0.6) is 0 Å². The first-order valence-corrected chi connectivity index (χ1v) is 4.50. The van der Waals surface area contributed by atoms with Gasteiger partial charge in [-0.15, -0.1) is 0 Å². The molecule has 1 aromatic heterocycles. The van der Waals surface area contributed by atoms with Crippen LogP contribution in [0.1, 0.15) is 31.1 Å². The molecule has 3 heteroatoms. The van der Waals surface area contributed by atoms with Crippen molar-refractivity contribution in [3.8, 4) is 0 Å². The third-order valence-electron chi connectivity index (χ3n) is 2.47. The van der Waals surface area contributed by atoms with Gasteiger partial charge >= 0.3 is 0 Å². The molecular formula is C9H15N3. The molecule has 0 radical (unpaired) electrons. The van der Waals surface area contributed by atoms with E-state index < -0.39 is 0 Å². The van der Waals surface area contributed by atoms with Gasteiger partial charge in [-0.05, 0) is 12.3 Å². The third-order valence-corrected chi connectivity index (χ3v) is 2.47. The number of rotatable bonds is 3. The van der Waals surface area contributed by atoms with Crippen molar-refractivity contribution in [1.29, 1.82) is 0 Å². The van der Waals surface area contributed by atoms with Crippen molar-refractivity contribution in [3.05, 3.63) is 18.2 Å². The highest BCUT2D eigenvalue weighted by Crippen LogP contribution is 2.36. The van der Waals surface area contributed by atoms with Gasteiger partial charge in [-0.3, -0.25) is 0 Å². The van der Waals surface area contributed by atoms with Gasteiger partial charge in [-0.25, -0.2) is 4.98 Å². The number of hydrogen-bond acceptors (Lipinski definition) is 2. The normalized spacial score (nSPS) is 19.5. The minimum atomic E-state index is 0.137. The Bertz CT molecular complexity index is 262. The van der Waals surface area contributed by atoms with E-state index in [0.717, 1.165) is 18.2 Å². The van der Waals surface area contributed by atoms with Crippen molar-refractivity contribution in [2.24, 2.45) is 18.7 Å². The summed E-state index contributed by atoms with van der Waals surface area (Å²) in [5.41, 5.74) is 6.00. The van der Waals surface area contributed by atoms with E-state index in [4.69, 9.17) is 5.73 Å². The molecule has 0 aliphatic heterocycles. The highest BCUT2D eigenvalue weighted by atomic mass is 15.1. The predicted molar refractivity (Wildman–Crippen MR) is 47.5 cm³/mol. The number of nitrogens with zero attached hydrogens (tertiary/aromatic N) is 2. The fourth-order valence-corrected chi connectivity index (χ4v) is 1.55. The van der Waals surface area contributed by atoms with Crippen LogP contribution in [0.4, 0.5) is 0 Å². The van der Waals surface area contributed by atoms with E-state index in [-0.39, 0.29) is 6.04 Å². The van der Waals surface area contributed by atoms with Crippen LogP contribution in [-0.2, 0) is 7.05 Å². The maximum absolute atomic E-state index is 6.00. The van der Waals surface area contributed by atoms with Gasteiger partial charge in [0.15, 0.2) is 0 Å². The number of imidazole rings is 1. The quantitative estimate of drug-likeness (QED) is 0.731. The summed E-state index contributed by atoms with van der Waals surface area (Å²) in [4.78, 5) is 4.23. The van der Waals surface area contributed by atoms with E-state index in [1.165, 1.54) is 12.8 Å². The third kappa shape index (κ3) is 1.50. The Labute approximate surface area is 72.6 Å². The highest BCUT2D eigenvalue weighted by Gasteiger charge is 2.25. The lowest BCUT2D eigenvalue weighted by Gasteiger charge is -2.09. The topological polar surface area (TPSA) is 43.8 Å². The van der Waals surface area contributed by atoms with Crippen molar-refractivity contribution in [3.63, 3.8) is 0 Å². The monoisotopic (exact) mass is 165 g/mol. The van der Waals surface area contributed by atoms with Gasteiger partial charge in [0.1, 0.15) is 5.82 Å². The van der Waals surface area contributed by atoms with Crippen LogP contribution >= 0.6 is 0 Å². The molecule has 0 aromatic carbocycles. The molecule has 1 aromatic rings. The van der Waals surface area contributed by atoms with E-state index >= 15 is 0 Å². The zero-order valence-electron chi connectivity index (χ0n) is 7.40. The molecule has 1 unspecified atom stereocenters. The van der Waals surface area contributed by atoms with Gasteiger partial charge in [-0.2, -0.15) is 0 Å². The lowest BCUT2D eigenvalue weighted by molar-refractivity contribution is 0.550. The molecule has 12 heavy (non-hydrogen) atoms. The lowest BCUT2D eigenvalue weighted by Crippen LogP contribution is -2.15. The largest absolute Gasteiger partial charge is 0.337 e. The average Bonchev–Trinajstić information content (AvgIpc) is 2.72. The number of aromatic nitrogens is 2. The Morgan fingerprint density at radius 3 is 3.00 bits per heavy atom. The molecule has 0 bridgehead atoms. The fourth-order valence-electron chi connectivity index (χ4n) is 1.55. The fraction of sp³-hybridized carbons (Fsp3) is 0.667. The van der Waals surface area contributed by atoms with Gasteiger partial charge < -0.3 is 10.3 Å². The predicted octanol–water partition coefficient (Wildman–Crippen LogP) is 1.22. The van der Waals surface area contributed by atoms with E-state index in [2.05, 4.69) is 4.98 Å². The zero-order chi connectivity index (χ0) is 8.55. The first-order valence-electron chi connectivity index (χ1n) is 4.50. The van der Waals surface area contributed by atoms with Gasteiger partial charge in [-0.1, -0.05) is 12.8 Å². The SMILES string of the molecule is Cn1ccnc1C(N)CC1CC1. The van der Waals surface area contributed by atoms with Crippen LogP contribution in [0.2, 0.25) is 0 Å². The summed E-state index contributed by atoms with van der Waals surface area (Å²) in [7, 11) is 2.00. The van der Waals surface area contributed by atoms with Crippen LogP contribution in [0.25, 0.3) is 0 Å². The molecular weight excluding hydrogens is 150 g/mol. The van der Waals surface area contributed by atoms with Crippen LogP contribution in [0, 0.1) is 5.92 Å². The molecule has 1 aliphatic carbocycles. The summed E-state index contributed by atoms with van der Waals surface area (Å²) >= 11 is 0. The summed E-state index contributed by atoms with van der Waals surface area (Å²) in [6.45, 7) is 0. The van der Waals surface area contributed by atoms with Crippen LogP contribution in [0.3, 0.4) is 0 Å². The maximum Gasteiger partial charge on any atom is 0.125 e. The van der Waals surface area contributed by atoms with Crippen LogP contribution in [0.15, 0.2) is 12.4 Å². The first-order chi connectivity index (χ1) is 5.77. The molecule has 0 spiro atoms. The molecule has 2 N–H and O–H groups in total. The lowest BCUT2D eigenvalue weighted by atomic mass is 10.1. The molecule has 1 heterocycles. The minimum Gasteiger partial charge on any atom is -0.337 e. The van der Waals surface area contributed by atoms with Crippen LogP contribution in [-0.4, -0.2) is 9.55 Å². The molecule has 0 amide bonds. The summed E-state index contributed by atoms with van der Waals surface area (Å²) < 4.78 is 2.01. The molecule has 1 fully saturated rings. The molecule has 3 nitrogen and oxygen atoms in total. The molecule has 1 atom stereocenters. The van der Waals surface area contributed by atoms with Gasteiger partial charge in [0.05, 0.1) is 6.04 Å². The number of aryl methyl sites for hydroxylation is 1. The molecule has 1 aliphatic rings. The van der Waals surface area contributed by atoms with Gasteiger partial charge in [0, 0.05) is 19.4 Å². The van der Waals surface area contributed by atoms with E-state index in [1.807, 2.05) is 24.0 Å². The van der Waals surface area contributed by atoms with Gasteiger partial charge in [0.2, 0.25) is 0 Å².